The number of anilines is 1. The van der Waals surface area contributed by atoms with E-state index in [9.17, 15) is 23.2 Å². The monoisotopic (exact) mass is 534 g/mol. The number of carbonyl (C=O) groups is 3. The van der Waals surface area contributed by atoms with Crippen LogP contribution >= 0.6 is 0 Å². The summed E-state index contributed by atoms with van der Waals surface area (Å²) in [6.07, 6.45) is -3.62. The second-order valence-electron chi connectivity index (χ2n) is 8.80. The lowest BCUT2D eigenvalue weighted by Gasteiger charge is -2.27. The number of benzene rings is 1. The molecule has 4 rings (SSSR count). The van der Waals surface area contributed by atoms with Crippen LogP contribution in [0.1, 0.15) is 12.8 Å². The topological polar surface area (TPSA) is 114 Å². The third kappa shape index (κ3) is 6.59. The van der Waals surface area contributed by atoms with E-state index in [-0.39, 0.29) is 61.6 Å². The molecule has 0 saturated carbocycles. The number of amides is 4. The van der Waals surface area contributed by atoms with Crippen LogP contribution in [-0.2, 0) is 19.1 Å². The Morgan fingerprint density at radius 2 is 1.78 bits per heavy atom. The van der Waals surface area contributed by atoms with E-state index in [4.69, 9.17) is 14.3 Å². The first kappa shape index (κ1) is 26.9. The van der Waals surface area contributed by atoms with Gasteiger partial charge in [0.25, 0.3) is 5.91 Å². The molecule has 1 aromatic rings. The van der Waals surface area contributed by atoms with Gasteiger partial charge in [-0.05, 0) is 12.8 Å². The van der Waals surface area contributed by atoms with Crippen LogP contribution in [-0.4, -0.2) is 94.2 Å². The van der Waals surface area contributed by atoms with Crippen molar-refractivity contribution in [2.75, 3.05) is 57.4 Å². The molecule has 3 N–H and O–H groups in total. The Morgan fingerprint density at radius 1 is 1.08 bits per heavy atom. The quantitative estimate of drug-likeness (QED) is 0.451. The molecular weight excluding hydrogens is 506 g/mol. The highest BCUT2D eigenvalue weighted by molar-refractivity contribution is 5.79. The Kier molecular flexibility index (Phi) is 8.66. The molecule has 0 aliphatic carbocycles. The van der Waals surface area contributed by atoms with Crippen molar-refractivity contribution < 1.29 is 51.2 Å². The fraction of sp³-hybridized carbons (Fsp3) is 0.591. The molecule has 0 spiro atoms. The van der Waals surface area contributed by atoms with Crippen LogP contribution in [0.5, 0.6) is 0 Å². The number of cyclic esters (lactones) is 1. The van der Waals surface area contributed by atoms with E-state index in [2.05, 4.69) is 5.32 Å². The highest BCUT2D eigenvalue weighted by atomic mass is 19.3. The number of rotatable bonds is 6. The molecule has 0 aromatic heterocycles. The molecule has 3 aliphatic rings. The largest absolute Gasteiger partial charge is 0.520 e. The standard InChI is InChI=1S/C22H27F4N5O6/c23-16-9-14(30-12-15(37-22(30)34)11-27-20(32)19(25)26)10-17(24)18(16)29-3-4-31(36-8-5-29)21(33)28-13-1-6-35-7-2-13/h9-10,13,15,19H,1-8,11-12H2,(H,27,32)(H,28,33)/p+1/t15-/m0/s1. The highest BCUT2D eigenvalue weighted by Crippen LogP contribution is 2.27. The number of hydrogen-bond donors (Lipinski definition) is 3. The van der Waals surface area contributed by atoms with Crippen molar-refractivity contribution in [2.45, 2.75) is 31.4 Å². The molecule has 4 amide bonds. The lowest BCUT2D eigenvalue weighted by atomic mass is 10.1. The number of halogens is 4. The van der Waals surface area contributed by atoms with Crippen molar-refractivity contribution in [3.63, 3.8) is 0 Å². The van der Waals surface area contributed by atoms with E-state index >= 15 is 8.78 Å². The Balaban J connectivity index is 1.37. The van der Waals surface area contributed by atoms with Crippen LogP contribution in [0.25, 0.3) is 0 Å². The number of ether oxygens (including phenoxy) is 2. The molecule has 0 bridgehead atoms. The number of alkyl carbamates (subject to hydrolysis) is 1. The van der Waals surface area contributed by atoms with E-state index in [1.807, 2.05) is 5.32 Å². The molecule has 11 nitrogen and oxygen atoms in total. The first-order valence-corrected chi connectivity index (χ1v) is 11.9. The van der Waals surface area contributed by atoms with Crippen molar-refractivity contribution in [3.05, 3.63) is 23.8 Å². The van der Waals surface area contributed by atoms with Gasteiger partial charge in [-0.1, -0.05) is 0 Å². The molecule has 3 fully saturated rings. The van der Waals surface area contributed by atoms with Crippen molar-refractivity contribution in [2.24, 2.45) is 0 Å². The second-order valence-corrected chi connectivity index (χ2v) is 8.80. The van der Waals surface area contributed by atoms with Crippen molar-refractivity contribution in [1.29, 1.82) is 0 Å². The minimum absolute atomic E-state index is 0.0115. The molecule has 2 atom stereocenters. The number of quaternary nitrogens is 1. The summed E-state index contributed by atoms with van der Waals surface area (Å²) < 4.78 is 65.1. The summed E-state index contributed by atoms with van der Waals surface area (Å²) in [7, 11) is 0. The number of alkyl halides is 2. The summed E-state index contributed by atoms with van der Waals surface area (Å²) in [5.41, 5.74) is -0.373. The fourth-order valence-corrected chi connectivity index (χ4v) is 4.38. The van der Waals surface area contributed by atoms with Crippen molar-refractivity contribution in [3.8, 4) is 0 Å². The number of nitrogens with zero attached hydrogens (tertiary/aromatic N) is 2. The number of carbonyl (C=O) groups excluding carboxylic acids is 3. The fourth-order valence-electron chi connectivity index (χ4n) is 4.38. The van der Waals surface area contributed by atoms with Gasteiger partial charge in [0.2, 0.25) is 0 Å². The Bertz CT molecular complexity index is 989. The second kappa shape index (κ2) is 11.9. The van der Waals surface area contributed by atoms with Crippen LogP contribution in [0.2, 0.25) is 0 Å². The maximum absolute atomic E-state index is 15.1. The zero-order chi connectivity index (χ0) is 26.5. The van der Waals surface area contributed by atoms with E-state index in [1.54, 1.807) is 0 Å². The average molecular weight is 534 g/mol. The molecular formula is C22H28F4N5O6+. The summed E-state index contributed by atoms with van der Waals surface area (Å²) in [4.78, 5) is 42.7. The van der Waals surface area contributed by atoms with E-state index in [0.717, 1.165) is 17.2 Å². The summed E-state index contributed by atoms with van der Waals surface area (Å²) in [5.74, 6) is -3.36. The maximum atomic E-state index is 15.1. The molecule has 1 aromatic carbocycles. The van der Waals surface area contributed by atoms with Gasteiger partial charge < -0.3 is 25.0 Å². The van der Waals surface area contributed by atoms with Gasteiger partial charge in [0.05, 0.1) is 19.7 Å². The number of hydroxylamine groups is 2. The number of hydrogen-bond acceptors (Lipinski definition) is 7. The van der Waals surface area contributed by atoms with Gasteiger partial charge in [0.1, 0.15) is 17.9 Å². The van der Waals surface area contributed by atoms with Gasteiger partial charge in [0, 0.05) is 44.5 Å². The molecule has 3 heterocycles. The molecule has 37 heavy (non-hydrogen) atoms. The summed E-state index contributed by atoms with van der Waals surface area (Å²) in [6, 6.07) is 1.53. The van der Waals surface area contributed by atoms with Crippen LogP contribution in [0.4, 0.5) is 38.5 Å². The first-order valence-electron chi connectivity index (χ1n) is 11.9. The first-order chi connectivity index (χ1) is 17.7. The van der Waals surface area contributed by atoms with Gasteiger partial charge in [-0.25, -0.2) is 18.6 Å². The van der Waals surface area contributed by atoms with E-state index in [0.29, 0.717) is 26.1 Å². The number of nitrogens with one attached hydrogen (secondary N) is 3. The summed E-state index contributed by atoms with van der Waals surface area (Å²) >= 11 is 0. The third-order valence-corrected chi connectivity index (χ3v) is 6.29. The van der Waals surface area contributed by atoms with E-state index in [1.165, 1.54) is 4.90 Å². The summed E-state index contributed by atoms with van der Waals surface area (Å²) in [5, 5.41) is 5.95. The van der Waals surface area contributed by atoms with E-state index < -0.39 is 42.2 Å². The lowest BCUT2D eigenvalue weighted by molar-refractivity contribution is -0.734. The molecule has 1 unspecified atom stereocenters. The van der Waals surface area contributed by atoms with Gasteiger partial charge >= 0.3 is 18.5 Å². The van der Waals surface area contributed by atoms with Crippen molar-refractivity contribution in [1.82, 2.24) is 15.7 Å². The van der Waals surface area contributed by atoms with Crippen LogP contribution in [0.15, 0.2) is 12.1 Å². The molecule has 0 radical (unpaired) electrons. The van der Waals surface area contributed by atoms with Gasteiger partial charge in [-0.2, -0.15) is 18.5 Å². The Labute approximate surface area is 209 Å². The van der Waals surface area contributed by atoms with Crippen LogP contribution < -0.4 is 20.4 Å². The predicted octanol–water partition coefficient (Wildman–Crippen LogP) is 0.324. The lowest BCUT2D eigenvalue weighted by Crippen LogP contribution is -3.08. The summed E-state index contributed by atoms with van der Waals surface area (Å²) in [6.45, 7) is 0.922. The maximum Gasteiger partial charge on any atom is 0.520 e. The minimum atomic E-state index is -3.21. The number of urea groups is 1. The average Bonchev–Trinajstić information content (AvgIpc) is 3.07. The van der Waals surface area contributed by atoms with Crippen molar-refractivity contribution >= 4 is 29.4 Å². The minimum Gasteiger partial charge on any atom is -0.409 e. The smallest absolute Gasteiger partial charge is 0.409 e. The van der Waals surface area contributed by atoms with Gasteiger partial charge in [-0.15, -0.1) is 0 Å². The SMILES string of the molecule is O=C(NC[C@H]1C[NH+](c2cc(F)c(N3CCON(C(=O)NC4CCOCC4)CC3)c(F)c2)C(=O)O1)C(F)F. The molecule has 3 aliphatic heterocycles. The molecule has 204 valence electrons. The molecule has 3 saturated heterocycles. The normalized spacial score (nSPS) is 23.1. The molecule has 15 heteroatoms. The Hall–Kier alpha value is -3.17. The van der Waals surface area contributed by atoms with Gasteiger partial charge in [0.15, 0.2) is 17.7 Å². The highest BCUT2D eigenvalue weighted by Gasteiger charge is 2.40. The zero-order valence-corrected chi connectivity index (χ0v) is 19.8. The Morgan fingerprint density at radius 3 is 2.46 bits per heavy atom. The predicted molar refractivity (Wildman–Crippen MR) is 118 cm³/mol. The van der Waals surface area contributed by atoms with Crippen LogP contribution in [0, 0.1) is 11.6 Å². The van der Waals surface area contributed by atoms with Crippen LogP contribution in [0.3, 0.4) is 0 Å². The third-order valence-electron chi connectivity index (χ3n) is 6.29. The van der Waals surface area contributed by atoms with Gasteiger partial charge in [-0.3, -0.25) is 9.63 Å². The zero-order valence-electron chi connectivity index (χ0n) is 19.8.